The number of nitrogens with zero attached hydrogens (tertiary/aromatic N) is 2. The highest BCUT2D eigenvalue weighted by molar-refractivity contribution is 7.80. The van der Waals surface area contributed by atoms with Gasteiger partial charge in [-0.3, -0.25) is 19.5 Å². The van der Waals surface area contributed by atoms with Crippen LogP contribution in [-0.4, -0.2) is 41.1 Å². The fraction of sp³-hybridized carbons (Fsp3) is 0.684. The zero-order valence-corrected chi connectivity index (χ0v) is 15.9. The number of thiocarbonyl (C=S) groups is 1. The number of carbonyl (C=O) groups is 2. The Hall–Kier alpha value is -1.56. The van der Waals surface area contributed by atoms with Gasteiger partial charge in [0.05, 0.1) is 0 Å². The van der Waals surface area contributed by atoms with E-state index in [1.165, 1.54) is 42.4 Å². The zero-order valence-electron chi connectivity index (χ0n) is 15.1. The summed E-state index contributed by atoms with van der Waals surface area (Å²) in [6, 6.07) is 0. The predicted octanol–water partition coefficient (Wildman–Crippen LogP) is 3.39. The Morgan fingerprint density at radius 1 is 1.32 bits per heavy atom. The lowest BCUT2D eigenvalue weighted by atomic mass is 9.97. The highest BCUT2D eigenvalue weighted by Crippen LogP contribution is 2.21. The van der Waals surface area contributed by atoms with E-state index in [0.717, 1.165) is 32.1 Å². The van der Waals surface area contributed by atoms with Crippen LogP contribution in [0.3, 0.4) is 0 Å². The normalized spacial score (nSPS) is 21.6. The number of unbranched alkanes of at least 4 members (excludes halogenated alkanes) is 3. The van der Waals surface area contributed by atoms with Gasteiger partial charge in [0.2, 0.25) is 11.8 Å². The van der Waals surface area contributed by atoms with Gasteiger partial charge in [-0.05, 0) is 50.7 Å². The first-order chi connectivity index (χ1) is 12.1. The van der Waals surface area contributed by atoms with Gasteiger partial charge in [-0.25, -0.2) is 0 Å². The largest absolute Gasteiger partial charge is 0.302 e. The van der Waals surface area contributed by atoms with Crippen molar-refractivity contribution in [3.05, 3.63) is 11.6 Å². The zero-order chi connectivity index (χ0) is 18.1. The summed E-state index contributed by atoms with van der Waals surface area (Å²) in [6.45, 7) is 3.36. The molecule has 0 spiro atoms. The summed E-state index contributed by atoms with van der Waals surface area (Å²) in [7, 11) is 0. The summed E-state index contributed by atoms with van der Waals surface area (Å²) >= 11 is 5.19. The number of allylic oxidation sites excluding steroid dienone is 1. The molecule has 25 heavy (non-hydrogen) atoms. The maximum absolute atomic E-state index is 12.7. The summed E-state index contributed by atoms with van der Waals surface area (Å²) in [5.41, 5.74) is 1.39. The molecule has 0 aromatic rings. The van der Waals surface area contributed by atoms with Crippen molar-refractivity contribution in [2.45, 2.75) is 64.7 Å². The molecule has 0 radical (unpaired) electrons. The first-order valence-corrected chi connectivity index (χ1v) is 9.88. The minimum absolute atomic E-state index is 0.221. The van der Waals surface area contributed by atoms with Gasteiger partial charge < -0.3 is 5.32 Å². The maximum Gasteiger partial charge on any atom is 0.246 e. The summed E-state index contributed by atoms with van der Waals surface area (Å²) in [5.74, 6) is -1.46. The minimum Gasteiger partial charge on any atom is -0.302 e. The van der Waals surface area contributed by atoms with Crippen molar-refractivity contribution in [3.8, 4) is 0 Å². The van der Waals surface area contributed by atoms with Crippen LogP contribution in [0.4, 0.5) is 0 Å². The van der Waals surface area contributed by atoms with E-state index in [-0.39, 0.29) is 16.9 Å². The SMILES string of the molecule is CCCCCCN=CC1C(=O)NC(=S)N(CCC2=CCCCC2)C1=O. The third kappa shape index (κ3) is 6.03. The second-order valence-corrected chi connectivity index (χ2v) is 7.12. The van der Waals surface area contributed by atoms with Gasteiger partial charge >= 0.3 is 0 Å². The summed E-state index contributed by atoms with van der Waals surface area (Å²) in [4.78, 5) is 30.6. The molecule has 0 aromatic carbocycles. The van der Waals surface area contributed by atoms with Crippen LogP contribution < -0.4 is 5.32 Å². The molecule has 2 rings (SSSR count). The Morgan fingerprint density at radius 2 is 2.16 bits per heavy atom. The molecule has 1 fully saturated rings. The van der Waals surface area contributed by atoms with Crippen LogP contribution in [0.2, 0.25) is 0 Å². The molecular weight excluding hydrogens is 334 g/mol. The Kier molecular flexibility index (Phi) is 8.25. The van der Waals surface area contributed by atoms with Crippen molar-refractivity contribution in [2.24, 2.45) is 10.9 Å². The van der Waals surface area contributed by atoms with E-state index in [4.69, 9.17) is 12.2 Å². The van der Waals surface area contributed by atoms with Gasteiger partial charge in [-0.2, -0.15) is 0 Å². The number of hydrogen-bond acceptors (Lipinski definition) is 4. The second kappa shape index (κ2) is 10.4. The van der Waals surface area contributed by atoms with E-state index in [2.05, 4.69) is 23.3 Å². The van der Waals surface area contributed by atoms with Gasteiger partial charge in [-0.15, -0.1) is 0 Å². The molecule has 0 aromatic heterocycles. The number of nitrogens with one attached hydrogen (secondary N) is 1. The molecule has 6 heteroatoms. The van der Waals surface area contributed by atoms with Crippen molar-refractivity contribution in [1.82, 2.24) is 10.2 Å². The lowest BCUT2D eigenvalue weighted by Gasteiger charge is -2.31. The molecule has 1 aliphatic heterocycles. The molecule has 5 nitrogen and oxygen atoms in total. The maximum atomic E-state index is 12.7. The third-order valence-corrected chi connectivity index (χ3v) is 5.05. The Morgan fingerprint density at radius 3 is 2.88 bits per heavy atom. The standard InChI is InChI=1S/C19H29N3O2S/c1-2-3-4-8-12-20-14-16-17(23)21-19(25)22(18(16)24)13-11-15-9-6-5-7-10-15/h9,14,16H,2-8,10-13H2,1H3,(H,21,23,25). The average molecular weight is 364 g/mol. The van der Waals surface area contributed by atoms with Crippen LogP contribution in [0, 0.1) is 5.92 Å². The molecule has 1 heterocycles. The topological polar surface area (TPSA) is 61.8 Å². The highest BCUT2D eigenvalue weighted by Gasteiger charge is 2.37. The molecule has 1 N–H and O–H groups in total. The fourth-order valence-electron chi connectivity index (χ4n) is 3.17. The monoisotopic (exact) mass is 363 g/mol. The molecule has 138 valence electrons. The smallest absolute Gasteiger partial charge is 0.246 e. The van der Waals surface area contributed by atoms with Gasteiger partial charge in [0, 0.05) is 19.3 Å². The van der Waals surface area contributed by atoms with E-state index in [1.54, 1.807) is 0 Å². The molecule has 0 saturated carbocycles. The van der Waals surface area contributed by atoms with Crippen molar-refractivity contribution >= 4 is 35.4 Å². The van der Waals surface area contributed by atoms with E-state index in [0.29, 0.717) is 13.1 Å². The Bertz CT molecular complexity index is 557. The lowest BCUT2D eigenvalue weighted by Crippen LogP contribution is -2.58. The van der Waals surface area contributed by atoms with Crippen LogP contribution >= 0.6 is 12.2 Å². The van der Waals surface area contributed by atoms with Crippen molar-refractivity contribution in [1.29, 1.82) is 0 Å². The average Bonchev–Trinajstić information content (AvgIpc) is 2.61. The summed E-state index contributed by atoms with van der Waals surface area (Å²) in [6.07, 6.45) is 13.8. The molecule has 1 saturated heterocycles. The van der Waals surface area contributed by atoms with E-state index in [1.807, 2.05) is 0 Å². The van der Waals surface area contributed by atoms with Crippen LogP contribution in [0.5, 0.6) is 0 Å². The van der Waals surface area contributed by atoms with E-state index in [9.17, 15) is 9.59 Å². The first-order valence-electron chi connectivity index (χ1n) is 9.47. The Labute approximate surface area is 155 Å². The van der Waals surface area contributed by atoms with Crippen molar-refractivity contribution in [2.75, 3.05) is 13.1 Å². The number of rotatable bonds is 9. The van der Waals surface area contributed by atoms with Crippen LogP contribution in [0.1, 0.15) is 64.7 Å². The van der Waals surface area contributed by atoms with Crippen LogP contribution in [0.25, 0.3) is 0 Å². The fourth-order valence-corrected chi connectivity index (χ4v) is 3.45. The van der Waals surface area contributed by atoms with Gasteiger partial charge in [0.25, 0.3) is 0 Å². The number of hydrogen-bond donors (Lipinski definition) is 1. The quantitative estimate of drug-likeness (QED) is 0.225. The lowest BCUT2D eigenvalue weighted by molar-refractivity contribution is -0.137. The van der Waals surface area contributed by atoms with Crippen molar-refractivity contribution in [3.63, 3.8) is 0 Å². The van der Waals surface area contributed by atoms with E-state index < -0.39 is 5.92 Å². The van der Waals surface area contributed by atoms with Crippen LogP contribution in [0.15, 0.2) is 16.6 Å². The third-order valence-electron chi connectivity index (χ3n) is 4.73. The molecule has 2 aliphatic rings. The predicted molar refractivity (Wildman–Crippen MR) is 105 cm³/mol. The molecular formula is C19H29N3O2S. The molecule has 0 bridgehead atoms. The van der Waals surface area contributed by atoms with Crippen molar-refractivity contribution < 1.29 is 9.59 Å². The highest BCUT2D eigenvalue weighted by atomic mass is 32.1. The van der Waals surface area contributed by atoms with Gasteiger partial charge in [0.15, 0.2) is 11.0 Å². The number of amides is 2. The van der Waals surface area contributed by atoms with Crippen LogP contribution in [-0.2, 0) is 9.59 Å². The first kappa shape index (κ1) is 19.8. The number of aliphatic imine (C=N–C) groups is 1. The minimum atomic E-state index is -0.849. The second-order valence-electron chi connectivity index (χ2n) is 6.74. The molecule has 1 unspecified atom stereocenters. The summed E-state index contributed by atoms with van der Waals surface area (Å²) < 4.78 is 0. The van der Waals surface area contributed by atoms with Gasteiger partial charge in [0.1, 0.15) is 0 Å². The Balaban J connectivity index is 1.88. The number of carbonyl (C=O) groups excluding carboxylic acids is 2. The molecule has 1 aliphatic carbocycles. The summed E-state index contributed by atoms with van der Waals surface area (Å²) in [5, 5.41) is 2.87. The molecule has 2 amide bonds. The molecule has 1 atom stereocenters. The van der Waals surface area contributed by atoms with Gasteiger partial charge in [-0.1, -0.05) is 37.8 Å². The van der Waals surface area contributed by atoms with E-state index >= 15 is 0 Å².